The summed E-state index contributed by atoms with van der Waals surface area (Å²) in [6, 6.07) is 8.12. The number of benzene rings is 1. The molecule has 120 valence electrons. The molecule has 6 heteroatoms. The monoisotopic (exact) mass is 348 g/mol. The third-order valence-electron chi connectivity index (χ3n) is 3.78. The lowest BCUT2D eigenvalue weighted by Crippen LogP contribution is -1.97. The van der Waals surface area contributed by atoms with E-state index in [2.05, 4.69) is 16.0 Å². The number of fused-ring (bicyclic) bond motifs is 3. The highest BCUT2D eigenvalue weighted by atomic mass is 35.5. The van der Waals surface area contributed by atoms with Crippen molar-refractivity contribution >= 4 is 49.2 Å². The standard InChI is InChI=1S/C17H17ClN2O2S/c18-16-15-11-7-5-6-8-12(11)23-17(15)20-13(19-16)9-3-1-2-4-10-14(21)22/h5-8H,1-4,9-10H2,(H,21,22). The number of aromatic nitrogens is 2. The SMILES string of the molecule is O=C(O)CCCCCCc1nc(Cl)c2c(n1)sc1ccccc12. The van der Waals surface area contributed by atoms with Crippen molar-refractivity contribution in [2.24, 2.45) is 0 Å². The molecule has 3 aromatic rings. The number of carboxylic acids is 1. The summed E-state index contributed by atoms with van der Waals surface area (Å²) < 4.78 is 1.17. The Hall–Kier alpha value is -1.72. The number of hydrogen-bond acceptors (Lipinski definition) is 4. The molecular weight excluding hydrogens is 332 g/mol. The lowest BCUT2D eigenvalue weighted by Gasteiger charge is -2.02. The number of carbonyl (C=O) groups is 1. The van der Waals surface area contributed by atoms with Crippen LogP contribution in [0.25, 0.3) is 20.3 Å². The largest absolute Gasteiger partial charge is 0.481 e. The van der Waals surface area contributed by atoms with Crippen LogP contribution in [0.2, 0.25) is 5.15 Å². The summed E-state index contributed by atoms with van der Waals surface area (Å²) >= 11 is 8.01. The summed E-state index contributed by atoms with van der Waals surface area (Å²) in [5.41, 5.74) is 0. The number of rotatable bonds is 7. The molecule has 3 rings (SSSR count). The first-order valence-electron chi connectivity index (χ1n) is 7.70. The number of thiophene rings is 1. The van der Waals surface area contributed by atoms with Gasteiger partial charge >= 0.3 is 5.97 Å². The maximum atomic E-state index is 10.5. The Labute approximate surface area is 143 Å². The second-order valence-corrected chi connectivity index (χ2v) is 6.91. The summed E-state index contributed by atoms with van der Waals surface area (Å²) in [6.07, 6.45) is 4.61. The van der Waals surface area contributed by atoms with E-state index in [0.717, 1.165) is 53.5 Å². The van der Waals surface area contributed by atoms with Crippen molar-refractivity contribution in [2.45, 2.75) is 38.5 Å². The first-order valence-corrected chi connectivity index (χ1v) is 8.90. The Morgan fingerprint density at radius 2 is 1.91 bits per heavy atom. The van der Waals surface area contributed by atoms with Gasteiger partial charge in [0.1, 0.15) is 15.8 Å². The van der Waals surface area contributed by atoms with Crippen LogP contribution in [0.15, 0.2) is 24.3 Å². The Balaban J connectivity index is 1.68. The van der Waals surface area contributed by atoms with Crippen molar-refractivity contribution in [3.05, 3.63) is 35.2 Å². The molecule has 2 aromatic heterocycles. The molecule has 0 saturated heterocycles. The molecule has 0 atom stereocenters. The quantitative estimate of drug-likeness (QED) is 0.478. The number of hydrogen-bond donors (Lipinski definition) is 1. The molecule has 0 amide bonds. The van der Waals surface area contributed by atoms with E-state index in [1.54, 1.807) is 11.3 Å². The van der Waals surface area contributed by atoms with Gasteiger partial charge in [0.25, 0.3) is 0 Å². The van der Waals surface area contributed by atoms with Gasteiger partial charge in [0.15, 0.2) is 0 Å². The molecule has 0 unspecified atom stereocenters. The van der Waals surface area contributed by atoms with Crippen LogP contribution in [0.5, 0.6) is 0 Å². The molecule has 1 aromatic carbocycles. The molecule has 2 heterocycles. The van der Waals surface area contributed by atoms with E-state index >= 15 is 0 Å². The first kappa shape index (κ1) is 16.1. The highest BCUT2D eigenvalue weighted by Crippen LogP contribution is 2.36. The maximum Gasteiger partial charge on any atom is 0.303 e. The van der Waals surface area contributed by atoms with Crippen LogP contribution in [0.3, 0.4) is 0 Å². The molecule has 0 aliphatic rings. The molecule has 4 nitrogen and oxygen atoms in total. The first-order chi connectivity index (χ1) is 11.1. The molecule has 0 aliphatic carbocycles. The average molecular weight is 349 g/mol. The maximum absolute atomic E-state index is 10.5. The lowest BCUT2D eigenvalue weighted by atomic mass is 10.1. The highest BCUT2D eigenvalue weighted by Gasteiger charge is 2.12. The van der Waals surface area contributed by atoms with E-state index in [1.807, 2.05) is 18.2 Å². The summed E-state index contributed by atoms with van der Waals surface area (Å²) in [5, 5.41) is 11.2. The van der Waals surface area contributed by atoms with E-state index in [1.165, 1.54) is 4.70 Å². The second kappa shape index (κ2) is 7.23. The fraction of sp³-hybridized carbons (Fsp3) is 0.353. The van der Waals surface area contributed by atoms with Crippen molar-refractivity contribution < 1.29 is 9.90 Å². The lowest BCUT2D eigenvalue weighted by molar-refractivity contribution is -0.137. The zero-order chi connectivity index (χ0) is 16.2. The molecule has 0 aliphatic heterocycles. The van der Waals surface area contributed by atoms with E-state index in [-0.39, 0.29) is 6.42 Å². The van der Waals surface area contributed by atoms with Crippen molar-refractivity contribution in [2.75, 3.05) is 0 Å². The van der Waals surface area contributed by atoms with Gasteiger partial charge in [-0.1, -0.05) is 42.6 Å². The van der Waals surface area contributed by atoms with Gasteiger partial charge in [0.2, 0.25) is 0 Å². The van der Waals surface area contributed by atoms with E-state index < -0.39 is 5.97 Å². The number of aryl methyl sites for hydroxylation is 1. The van der Waals surface area contributed by atoms with Crippen LogP contribution in [-0.2, 0) is 11.2 Å². The van der Waals surface area contributed by atoms with Crippen molar-refractivity contribution in [1.82, 2.24) is 9.97 Å². The van der Waals surface area contributed by atoms with E-state index in [9.17, 15) is 4.79 Å². The summed E-state index contributed by atoms with van der Waals surface area (Å²) in [7, 11) is 0. The Kier molecular flexibility index (Phi) is 5.08. The van der Waals surface area contributed by atoms with Crippen LogP contribution in [0.4, 0.5) is 0 Å². The topological polar surface area (TPSA) is 63.1 Å². The van der Waals surface area contributed by atoms with Crippen LogP contribution < -0.4 is 0 Å². The molecule has 1 N–H and O–H groups in total. The van der Waals surface area contributed by atoms with Gasteiger partial charge in [-0.15, -0.1) is 11.3 Å². The number of nitrogens with zero attached hydrogens (tertiary/aromatic N) is 2. The zero-order valence-electron chi connectivity index (χ0n) is 12.6. The van der Waals surface area contributed by atoms with Crippen LogP contribution in [0.1, 0.15) is 37.9 Å². The summed E-state index contributed by atoms with van der Waals surface area (Å²) in [5.74, 6) is 0.0441. The predicted octanol–water partition coefficient (Wildman–Crippen LogP) is 5.08. The van der Waals surface area contributed by atoms with E-state index in [4.69, 9.17) is 16.7 Å². The van der Waals surface area contributed by atoms with Gasteiger partial charge in [-0.2, -0.15) is 0 Å². The number of aliphatic carboxylic acids is 1. The number of unbranched alkanes of at least 4 members (excludes halogenated alkanes) is 3. The van der Waals surface area contributed by atoms with Crippen molar-refractivity contribution in [3.63, 3.8) is 0 Å². The van der Waals surface area contributed by atoms with Gasteiger partial charge < -0.3 is 5.11 Å². The van der Waals surface area contributed by atoms with Gasteiger partial charge in [0, 0.05) is 22.9 Å². The van der Waals surface area contributed by atoms with Crippen LogP contribution >= 0.6 is 22.9 Å². The molecule has 0 fully saturated rings. The van der Waals surface area contributed by atoms with Gasteiger partial charge in [-0.05, 0) is 18.9 Å². The minimum absolute atomic E-state index is 0.246. The fourth-order valence-electron chi connectivity index (χ4n) is 2.65. The number of halogens is 1. The van der Waals surface area contributed by atoms with E-state index in [0.29, 0.717) is 5.15 Å². The molecule has 0 spiro atoms. The van der Waals surface area contributed by atoms with Crippen molar-refractivity contribution in [3.8, 4) is 0 Å². The summed E-state index contributed by atoms with van der Waals surface area (Å²) in [6.45, 7) is 0. The molecule has 0 bridgehead atoms. The normalized spacial score (nSPS) is 11.3. The van der Waals surface area contributed by atoms with Crippen molar-refractivity contribution in [1.29, 1.82) is 0 Å². The molecule has 0 saturated carbocycles. The predicted molar refractivity (Wildman–Crippen MR) is 94.4 cm³/mol. The highest BCUT2D eigenvalue weighted by molar-refractivity contribution is 7.25. The Bertz CT molecular complexity index is 847. The third-order valence-corrected chi connectivity index (χ3v) is 5.12. The Morgan fingerprint density at radius 1 is 1.13 bits per heavy atom. The van der Waals surface area contributed by atoms with Gasteiger partial charge in [-0.25, -0.2) is 9.97 Å². The Morgan fingerprint density at radius 3 is 2.74 bits per heavy atom. The minimum atomic E-state index is -0.727. The third kappa shape index (κ3) is 3.79. The number of carboxylic acid groups (broad SMARTS) is 1. The van der Waals surface area contributed by atoms with Crippen LogP contribution in [0, 0.1) is 0 Å². The smallest absolute Gasteiger partial charge is 0.303 e. The molecule has 0 radical (unpaired) electrons. The van der Waals surface area contributed by atoms with Gasteiger partial charge in [0.05, 0.1) is 5.39 Å². The minimum Gasteiger partial charge on any atom is -0.481 e. The molecule has 23 heavy (non-hydrogen) atoms. The molecular formula is C17H17ClN2O2S. The van der Waals surface area contributed by atoms with Gasteiger partial charge in [-0.3, -0.25) is 4.79 Å². The summed E-state index contributed by atoms with van der Waals surface area (Å²) in [4.78, 5) is 20.5. The fourth-order valence-corrected chi connectivity index (χ4v) is 4.09. The van der Waals surface area contributed by atoms with Crippen LogP contribution in [-0.4, -0.2) is 21.0 Å². The second-order valence-electron chi connectivity index (χ2n) is 5.52. The average Bonchev–Trinajstić information content (AvgIpc) is 2.89. The zero-order valence-corrected chi connectivity index (χ0v) is 14.2.